The number of thioether (sulfide) groups is 2. The Labute approximate surface area is 194 Å². The Morgan fingerprint density at radius 1 is 1.44 bits per heavy atom. The number of β-lactam (4-membered cyclic amide) rings is 1. The molecule has 0 aliphatic carbocycles. The number of aromatic nitrogens is 1. The molecule has 2 aliphatic heterocycles. The fourth-order valence-corrected chi connectivity index (χ4v) is 5.94. The fourth-order valence-electron chi connectivity index (χ4n) is 2.89. The number of carbonyl (C=O) groups excluding carboxylic acids is 2. The van der Waals surface area contributed by atoms with E-state index in [4.69, 9.17) is 10.8 Å². The predicted molar refractivity (Wildman–Crippen MR) is 119 cm³/mol. The van der Waals surface area contributed by atoms with Crippen LogP contribution in [0.5, 0.6) is 0 Å². The van der Waals surface area contributed by atoms with Crippen LogP contribution in [0, 0.1) is 0 Å². The quantitative estimate of drug-likeness (QED) is 0.197. The number of nitrogens with zero attached hydrogens (tertiary/aromatic N) is 3. The van der Waals surface area contributed by atoms with Gasteiger partial charge in [-0.05, 0) is 12.2 Å². The number of thiazole rings is 1. The molecule has 5 N–H and O–H groups in total. The Balaban J connectivity index is 1.77. The van der Waals surface area contributed by atoms with Gasteiger partial charge in [-0.15, -0.1) is 34.9 Å². The second-order valence-electron chi connectivity index (χ2n) is 6.46. The Hall–Kier alpha value is -2.78. The van der Waals surface area contributed by atoms with Gasteiger partial charge in [0.1, 0.15) is 22.8 Å². The lowest BCUT2D eigenvalue weighted by molar-refractivity contribution is -0.150. The number of carboxylic acids is 2. The van der Waals surface area contributed by atoms with Crippen molar-refractivity contribution in [3.8, 4) is 0 Å². The van der Waals surface area contributed by atoms with Crippen LogP contribution in [0.4, 0.5) is 5.13 Å². The monoisotopic (exact) mass is 501 g/mol. The van der Waals surface area contributed by atoms with Gasteiger partial charge in [0.15, 0.2) is 10.8 Å². The summed E-state index contributed by atoms with van der Waals surface area (Å²) in [4.78, 5) is 58.4. The van der Waals surface area contributed by atoms with E-state index in [0.29, 0.717) is 10.7 Å². The number of amides is 2. The molecule has 3 rings (SSSR count). The molecule has 0 radical (unpaired) electrons. The van der Waals surface area contributed by atoms with Crippen LogP contribution in [0.1, 0.15) is 19.0 Å². The van der Waals surface area contributed by atoms with Crippen LogP contribution in [0.15, 0.2) is 21.1 Å². The van der Waals surface area contributed by atoms with Crippen molar-refractivity contribution in [2.75, 3.05) is 23.8 Å². The topological polar surface area (TPSA) is 185 Å². The molecular formula is C17H19N5O7S3. The fraction of sp³-hybridized carbons (Fsp3) is 0.412. The maximum atomic E-state index is 12.8. The summed E-state index contributed by atoms with van der Waals surface area (Å²) in [7, 11) is 0. The van der Waals surface area contributed by atoms with Crippen molar-refractivity contribution in [1.29, 1.82) is 0 Å². The van der Waals surface area contributed by atoms with Crippen LogP contribution < -0.4 is 11.1 Å². The standard InChI is InChI=1S/C17H19N5O7S3/c1-2-3-30-8-6-31-15-11(14(26)22(15)12(8)16(27)28)20-13(25)10(21-29-4-9(23)24)7-5-32-17(18)19-7/h5,11,15H,2-4,6H2,1H3,(H2,18,19)(H,20,25)(H,23,24)(H,27,28)/b21-10+/t11?,15-/m1/s1. The SMILES string of the molecule is CCCSC1=C(C(=O)O)N2C(=O)C(NC(=O)/C(=N/OCC(=O)O)c3csc(N)n3)[C@H]2SC1. The maximum absolute atomic E-state index is 12.8. The molecule has 0 bridgehead atoms. The number of rotatable bonds is 10. The van der Waals surface area contributed by atoms with Gasteiger partial charge in [0.25, 0.3) is 11.8 Å². The number of nitrogens with two attached hydrogens (primary N) is 1. The second-order valence-corrected chi connectivity index (χ2v) is 9.65. The van der Waals surface area contributed by atoms with Gasteiger partial charge in [0.05, 0.1) is 0 Å². The van der Waals surface area contributed by atoms with Crippen molar-refractivity contribution in [3.05, 3.63) is 21.7 Å². The number of carboxylic acid groups (broad SMARTS) is 2. The normalized spacial score (nSPS) is 20.5. The Morgan fingerprint density at radius 3 is 2.78 bits per heavy atom. The molecule has 0 aromatic carbocycles. The summed E-state index contributed by atoms with van der Waals surface area (Å²) in [6.07, 6.45) is 0.856. The zero-order valence-corrected chi connectivity index (χ0v) is 19.1. The number of anilines is 1. The molecule has 172 valence electrons. The number of hydrogen-bond acceptors (Lipinski definition) is 11. The molecule has 2 amide bonds. The van der Waals surface area contributed by atoms with Crippen molar-refractivity contribution in [2.24, 2.45) is 5.16 Å². The molecule has 0 saturated carbocycles. The van der Waals surface area contributed by atoms with E-state index >= 15 is 0 Å². The van der Waals surface area contributed by atoms with E-state index in [0.717, 1.165) is 23.5 Å². The maximum Gasteiger partial charge on any atom is 0.353 e. The third-order valence-electron chi connectivity index (χ3n) is 4.23. The molecule has 2 atom stereocenters. The van der Waals surface area contributed by atoms with Gasteiger partial charge in [-0.3, -0.25) is 14.5 Å². The molecule has 1 unspecified atom stereocenters. The molecule has 12 nitrogen and oxygen atoms in total. The minimum Gasteiger partial charge on any atom is -0.479 e. The Bertz CT molecular complexity index is 1010. The number of nitrogens with one attached hydrogen (secondary N) is 1. The summed E-state index contributed by atoms with van der Waals surface area (Å²) >= 11 is 3.78. The largest absolute Gasteiger partial charge is 0.479 e. The summed E-state index contributed by atoms with van der Waals surface area (Å²) < 4.78 is 0. The van der Waals surface area contributed by atoms with Crippen molar-refractivity contribution in [1.82, 2.24) is 15.2 Å². The summed E-state index contributed by atoms with van der Waals surface area (Å²) in [5.41, 5.74) is 5.24. The third-order valence-corrected chi connectivity index (χ3v) is 7.66. The van der Waals surface area contributed by atoms with Crippen molar-refractivity contribution in [2.45, 2.75) is 24.8 Å². The van der Waals surface area contributed by atoms with Gasteiger partial charge in [0, 0.05) is 16.0 Å². The van der Waals surface area contributed by atoms with Gasteiger partial charge >= 0.3 is 11.9 Å². The number of hydrogen-bond donors (Lipinski definition) is 4. The number of fused-ring (bicyclic) bond motifs is 1. The molecule has 2 aliphatic rings. The average molecular weight is 502 g/mol. The molecule has 1 aromatic rings. The van der Waals surface area contributed by atoms with Crippen molar-refractivity contribution in [3.63, 3.8) is 0 Å². The Morgan fingerprint density at radius 2 is 2.19 bits per heavy atom. The first-order valence-corrected chi connectivity index (χ1v) is 12.1. The first kappa shape index (κ1) is 23.9. The van der Waals surface area contributed by atoms with E-state index in [1.165, 1.54) is 33.8 Å². The summed E-state index contributed by atoms with van der Waals surface area (Å²) in [6.45, 7) is 1.19. The number of oxime groups is 1. The summed E-state index contributed by atoms with van der Waals surface area (Å²) in [6, 6.07) is -0.986. The van der Waals surface area contributed by atoms with Crippen LogP contribution in [0.2, 0.25) is 0 Å². The van der Waals surface area contributed by atoms with Crippen LogP contribution >= 0.6 is 34.9 Å². The lowest BCUT2D eigenvalue weighted by Crippen LogP contribution is -2.71. The highest BCUT2D eigenvalue weighted by Gasteiger charge is 2.54. The number of carbonyl (C=O) groups is 4. The third kappa shape index (κ3) is 4.99. The van der Waals surface area contributed by atoms with Crippen LogP contribution in [-0.2, 0) is 24.0 Å². The smallest absolute Gasteiger partial charge is 0.353 e. The highest BCUT2D eigenvalue weighted by atomic mass is 32.2. The van der Waals surface area contributed by atoms with Crippen LogP contribution in [0.25, 0.3) is 0 Å². The molecule has 1 fully saturated rings. The van der Waals surface area contributed by atoms with Crippen molar-refractivity contribution >= 4 is 69.5 Å². The molecule has 32 heavy (non-hydrogen) atoms. The lowest BCUT2D eigenvalue weighted by Gasteiger charge is -2.49. The zero-order chi connectivity index (χ0) is 23.4. The minimum atomic E-state index is -1.29. The average Bonchev–Trinajstić information content (AvgIpc) is 3.17. The van der Waals surface area contributed by atoms with E-state index in [-0.39, 0.29) is 22.2 Å². The zero-order valence-electron chi connectivity index (χ0n) is 16.6. The molecule has 15 heteroatoms. The molecule has 1 saturated heterocycles. The first-order valence-electron chi connectivity index (χ1n) is 9.22. The van der Waals surface area contributed by atoms with Gasteiger partial charge in [-0.2, -0.15) is 0 Å². The second kappa shape index (κ2) is 10.2. The van der Waals surface area contributed by atoms with E-state index in [2.05, 4.69) is 20.3 Å². The van der Waals surface area contributed by atoms with E-state index in [1.807, 2.05) is 6.92 Å². The first-order chi connectivity index (χ1) is 15.2. The molecule has 0 spiro atoms. The molecular weight excluding hydrogens is 482 g/mol. The predicted octanol–water partition coefficient (Wildman–Crippen LogP) is 0.370. The van der Waals surface area contributed by atoms with E-state index < -0.39 is 41.8 Å². The van der Waals surface area contributed by atoms with Gasteiger partial charge in [-0.25, -0.2) is 14.6 Å². The molecule has 1 aromatic heterocycles. The summed E-state index contributed by atoms with van der Waals surface area (Å²) in [5.74, 6) is -2.75. The van der Waals surface area contributed by atoms with E-state index in [9.17, 15) is 24.3 Å². The van der Waals surface area contributed by atoms with Crippen LogP contribution in [-0.4, -0.2) is 79.1 Å². The Kier molecular flexibility index (Phi) is 7.63. The summed E-state index contributed by atoms with van der Waals surface area (Å²) in [5, 5.41) is 25.4. The molecule has 3 heterocycles. The number of nitrogen functional groups attached to an aromatic ring is 1. The minimum absolute atomic E-state index is 0.0553. The van der Waals surface area contributed by atoms with Gasteiger partial charge < -0.3 is 26.1 Å². The van der Waals surface area contributed by atoms with Gasteiger partial charge in [-0.1, -0.05) is 12.1 Å². The highest BCUT2D eigenvalue weighted by Crippen LogP contribution is 2.43. The lowest BCUT2D eigenvalue weighted by atomic mass is 10.0. The van der Waals surface area contributed by atoms with Crippen molar-refractivity contribution < 1.29 is 34.2 Å². The van der Waals surface area contributed by atoms with Gasteiger partial charge in [0.2, 0.25) is 6.61 Å². The highest BCUT2D eigenvalue weighted by molar-refractivity contribution is 8.06. The van der Waals surface area contributed by atoms with E-state index in [1.54, 1.807) is 0 Å². The number of aliphatic carboxylic acids is 2. The van der Waals surface area contributed by atoms with Crippen LogP contribution in [0.3, 0.4) is 0 Å².